The lowest BCUT2D eigenvalue weighted by atomic mass is 10.1. The maximum atomic E-state index is 11.1. The molecule has 0 saturated carbocycles. The van der Waals surface area contributed by atoms with Crippen molar-refractivity contribution in [3.63, 3.8) is 0 Å². The van der Waals surface area contributed by atoms with E-state index in [0.29, 0.717) is 10.6 Å². The summed E-state index contributed by atoms with van der Waals surface area (Å²) in [6.07, 6.45) is 2.69. The van der Waals surface area contributed by atoms with Gasteiger partial charge in [0, 0.05) is 32.0 Å². The third-order valence-electron chi connectivity index (χ3n) is 2.47. The van der Waals surface area contributed by atoms with Gasteiger partial charge < -0.3 is 10.1 Å². The van der Waals surface area contributed by atoms with Crippen molar-refractivity contribution in [2.75, 3.05) is 20.3 Å². The summed E-state index contributed by atoms with van der Waals surface area (Å²) in [6, 6.07) is 7.23. The van der Waals surface area contributed by atoms with E-state index in [-0.39, 0.29) is 5.78 Å². The Labute approximate surface area is 113 Å². The topological polar surface area (TPSA) is 38.3 Å². The largest absolute Gasteiger partial charge is 0.390 e. The molecule has 4 heteroatoms. The Balaban J connectivity index is 2.52. The molecule has 0 aromatic heterocycles. The van der Waals surface area contributed by atoms with Crippen molar-refractivity contribution >= 4 is 22.4 Å². The van der Waals surface area contributed by atoms with Crippen molar-refractivity contribution < 1.29 is 9.53 Å². The molecule has 0 unspecified atom stereocenters. The number of ether oxygens (including phenoxy) is 1. The molecule has 0 aliphatic carbocycles. The molecule has 0 aliphatic heterocycles. The molecule has 0 spiro atoms. The summed E-state index contributed by atoms with van der Waals surface area (Å²) in [6.45, 7) is 3.09. The van der Waals surface area contributed by atoms with E-state index in [4.69, 9.17) is 16.3 Å². The second-order valence-electron chi connectivity index (χ2n) is 3.93. The highest BCUT2D eigenvalue weighted by Crippen LogP contribution is 2.18. The van der Waals surface area contributed by atoms with Gasteiger partial charge in [0.1, 0.15) is 0 Å². The standard InChI is InChI=1S/C14H18ClNO2/c1-11(17)12-4-6-13(7-5-12)14(15)10-16-8-3-9-18-2/h4-7,10,16H,3,8-9H2,1-2H3/b14-10+. The van der Waals surface area contributed by atoms with Crippen LogP contribution in [-0.4, -0.2) is 26.0 Å². The highest BCUT2D eigenvalue weighted by atomic mass is 35.5. The summed E-state index contributed by atoms with van der Waals surface area (Å²) in [4.78, 5) is 11.1. The summed E-state index contributed by atoms with van der Waals surface area (Å²) in [5.74, 6) is 0.0549. The van der Waals surface area contributed by atoms with Crippen molar-refractivity contribution in [3.8, 4) is 0 Å². The number of carbonyl (C=O) groups excluding carboxylic acids is 1. The normalized spacial score (nSPS) is 11.4. The Bertz CT molecular complexity index is 412. The predicted octanol–water partition coefficient (Wildman–Crippen LogP) is 3.05. The fraction of sp³-hybridized carbons (Fsp3) is 0.357. The second kappa shape index (κ2) is 7.90. The minimum absolute atomic E-state index is 0.0549. The Morgan fingerprint density at radius 3 is 2.50 bits per heavy atom. The van der Waals surface area contributed by atoms with Crippen LogP contribution < -0.4 is 5.32 Å². The summed E-state index contributed by atoms with van der Waals surface area (Å²) < 4.78 is 4.94. The Hall–Kier alpha value is -1.32. The zero-order chi connectivity index (χ0) is 13.4. The van der Waals surface area contributed by atoms with Crippen molar-refractivity contribution in [2.24, 2.45) is 0 Å². The van der Waals surface area contributed by atoms with E-state index in [1.807, 2.05) is 12.1 Å². The predicted molar refractivity (Wildman–Crippen MR) is 74.8 cm³/mol. The van der Waals surface area contributed by atoms with Crippen LogP contribution in [0.4, 0.5) is 0 Å². The number of ketones is 1. The van der Waals surface area contributed by atoms with Gasteiger partial charge in [-0.1, -0.05) is 35.9 Å². The first-order valence-electron chi connectivity index (χ1n) is 5.84. The number of nitrogens with one attached hydrogen (secondary N) is 1. The number of rotatable bonds is 7. The molecule has 1 rings (SSSR count). The van der Waals surface area contributed by atoms with Gasteiger partial charge in [-0.05, 0) is 18.9 Å². The molecule has 0 atom stereocenters. The van der Waals surface area contributed by atoms with Crippen LogP contribution in [0.5, 0.6) is 0 Å². The monoisotopic (exact) mass is 267 g/mol. The number of hydrogen-bond acceptors (Lipinski definition) is 3. The lowest BCUT2D eigenvalue weighted by Gasteiger charge is -2.03. The number of methoxy groups -OCH3 is 1. The number of halogens is 1. The first-order valence-corrected chi connectivity index (χ1v) is 6.22. The minimum atomic E-state index is 0.0549. The third kappa shape index (κ3) is 4.90. The van der Waals surface area contributed by atoms with Crippen LogP contribution in [0.25, 0.3) is 5.03 Å². The Kier molecular flexibility index (Phi) is 6.47. The highest BCUT2D eigenvalue weighted by Gasteiger charge is 2.01. The first-order chi connectivity index (χ1) is 8.65. The summed E-state index contributed by atoms with van der Waals surface area (Å²) in [5, 5.41) is 3.74. The van der Waals surface area contributed by atoms with E-state index >= 15 is 0 Å². The third-order valence-corrected chi connectivity index (χ3v) is 2.79. The fourth-order valence-corrected chi connectivity index (χ4v) is 1.63. The van der Waals surface area contributed by atoms with Gasteiger partial charge in [0.2, 0.25) is 0 Å². The van der Waals surface area contributed by atoms with Gasteiger partial charge in [-0.2, -0.15) is 0 Å². The molecular formula is C14H18ClNO2. The molecule has 1 aromatic rings. The van der Waals surface area contributed by atoms with Crippen LogP contribution >= 0.6 is 11.6 Å². The molecule has 3 nitrogen and oxygen atoms in total. The van der Waals surface area contributed by atoms with Crippen molar-refractivity contribution in [3.05, 3.63) is 41.6 Å². The minimum Gasteiger partial charge on any atom is -0.390 e. The number of carbonyl (C=O) groups is 1. The van der Waals surface area contributed by atoms with Gasteiger partial charge in [-0.15, -0.1) is 0 Å². The van der Waals surface area contributed by atoms with Gasteiger partial charge in [0.05, 0.1) is 5.03 Å². The molecule has 0 radical (unpaired) electrons. The van der Waals surface area contributed by atoms with Crippen LogP contribution in [0, 0.1) is 0 Å². The summed E-state index contributed by atoms with van der Waals surface area (Å²) in [7, 11) is 1.68. The SMILES string of the molecule is COCCCN/C=C(/Cl)c1ccc(C(C)=O)cc1. The molecule has 0 aliphatic rings. The molecule has 0 amide bonds. The van der Waals surface area contributed by atoms with E-state index in [0.717, 1.165) is 25.1 Å². The molecule has 1 N–H and O–H groups in total. The fourth-order valence-electron chi connectivity index (χ4n) is 1.43. The van der Waals surface area contributed by atoms with Crippen LogP contribution in [0.3, 0.4) is 0 Å². The number of Topliss-reactive ketones (excluding diaryl/α,β-unsaturated/α-hetero) is 1. The van der Waals surface area contributed by atoms with E-state index < -0.39 is 0 Å². The van der Waals surface area contributed by atoms with E-state index in [1.165, 1.54) is 0 Å². The second-order valence-corrected chi connectivity index (χ2v) is 4.33. The maximum absolute atomic E-state index is 11.1. The van der Waals surface area contributed by atoms with Gasteiger partial charge in [0.15, 0.2) is 5.78 Å². The quantitative estimate of drug-likeness (QED) is 0.610. The van der Waals surface area contributed by atoms with E-state index in [1.54, 1.807) is 32.4 Å². The van der Waals surface area contributed by atoms with Gasteiger partial charge in [-0.25, -0.2) is 0 Å². The van der Waals surface area contributed by atoms with Crippen LogP contribution in [-0.2, 0) is 4.74 Å². The van der Waals surface area contributed by atoms with Gasteiger partial charge >= 0.3 is 0 Å². The number of hydrogen-bond donors (Lipinski definition) is 1. The molecule has 1 aromatic carbocycles. The molecule has 0 bridgehead atoms. The molecule has 18 heavy (non-hydrogen) atoms. The molecule has 0 heterocycles. The number of benzene rings is 1. The van der Waals surface area contributed by atoms with Gasteiger partial charge in [-0.3, -0.25) is 4.79 Å². The highest BCUT2D eigenvalue weighted by molar-refractivity contribution is 6.48. The molecule has 0 fully saturated rings. The van der Waals surface area contributed by atoms with Crippen molar-refractivity contribution in [1.82, 2.24) is 5.32 Å². The van der Waals surface area contributed by atoms with Gasteiger partial charge in [0.25, 0.3) is 0 Å². The maximum Gasteiger partial charge on any atom is 0.159 e. The average molecular weight is 268 g/mol. The zero-order valence-corrected chi connectivity index (χ0v) is 11.5. The Morgan fingerprint density at radius 1 is 1.33 bits per heavy atom. The molecule has 98 valence electrons. The smallest absolute Gasteiger partial charge is 0.159 e. The lowest BCUT2D eigenvalue weighted by Crippen LogP contribution is -2.09. The summed E-state index contributed by atoms with van der Waals surface area (Å²) in [5.41, 5.74) is 1.58. The van der Waals surface area contributed by atoms with Crippen LogP contribution in [0.2, 0.25) is 0 Å². The van der Waals surface area contributed by atoms with E-state index in [2.05, 4.69) is 5.32 Å². The Morgan fingerprint density at radius 2 is 1.94 bits per heavy atom. The average Bonchev–Trinajstić information content (AvgIpc) is 2.38. The van der Waals surface area contributed by atoms with Crippen LogP contribution in [0.1, 0.15) is 29.3 Å². The summed E-state index contributed by atoms with van der Waals surface area (Å²) >= 11 is 6.13. The van der Waals surface area contributed by atoms with E-state index in [9.17, 15) is 4.79 Å². The molecule has 0 saturated heterocycles. The zero-order valence-electron chi connectivity index (χ0n) is 10.7. The first kappa shape index (κ1) is 14.7. The lowest BCUT2D eigenvalue weighted by molar-refractivity contribution is 0.101. The van der Waals surface area contributed by atoms with Crippen molar-refractivity contribution in [2.45, 2.75) is 13.3 Å². The van der Waals surface area contributed by atoms with Crippen LogP contribution in [0.15, 0.2) is 30.5 Å². The van der Waals surface area contributed by atoms with Crippen molar-refractivity contribution in [1.29, 1.82) is 0 Å². The molecular weight excluding hydrogens is 250 g/mol.